The van der Waals surface area contributed by atoms with Crippen LogP contribution in [0.3, 0.4) is 0 Å². The van der Waals surface area contributed by atoms with Crippen molar-refractivity contribution in [2.24, 2.45) is 0 Å². The van der Waals surface area contributed by atoms with E-state index in [0.29, 0.717) is 48.4 Å². The van der Waals surface area contributed by atoms with Gasteiger partial charge in [0, 0.05) is 5.56 Å². The molecule has 3 rings (SSSR count). The molecule has 0 bridgehead atoms. The zero-order chi connectivity index (χ0) is 24.1. The monoisotopic (exact) mass is 486 g/mol. The van der Waals surface area contributed by atoms with E-state index in [2.05, 4.69) is 41.2 Å². The Morgan fingerprint density at radius 1 is 1.13 bits per heavy atom. The van der Waals surface area contributed by atoms with Crippen molar-refractivity contribution in [2.75, 3.05) is 46.2 Å². The third kappa shape index (κ3) is 8.59. The molecule has 172 valence electrons. The average Bonchev–Trinajstić information content (AvgIpc) is 3.07. The maximum Gasteiger partial charge on any atom is 0.221 e. The van der Waals surface area contributed by atoms with E-state index in [0.717, 1.165) is 6.54 Å². The molecule has 0 fully saturated rings. The summed E-state index contributed by atoms with van der Waals surface area (Å²) in [7, 11) is 7.86. The molecule has 31 heavy (non-hydrogen) atoms. The van der Waals surface area contributed by atoms with Gasteiger partial charge in [0.15, 0.2) is 6.29 Å². The summed E-state index contributed by atoms with van der Waals surface area (Å²) in [6, 6.07) is 5.09. The number of halogens is 2. The van der Waals surface area contributed by atoms with Crippen LogP contribution in [0, 0.1) is 0 Å². The average molecular weight is 488 g/mol. The summed E-state index contributed by atoms with van der Waals surface area (Å²) in [5, 5.41) is 4.17. The Morgan fingerprint density at radius 2 is 1.68 bits per heavy atom. The molecule has 2 heterocycles. The van der Waals surface area contributed by atoms with Crippen molar-refractivity contribution in [3.63, 3.8) is 0 Å². The van der Waals surface area contributed by atoms with Crippen LogP contribution in [-0.4, -0.2) is 55.9 Å². The van der Waals surface area contributed by atoms with Crippen molar-refractivity contribution in [1.29, 1.82) is 0 Å². The summed E-state index contributed by atoms with van der Waals surface area (Å²) < 4.78 is 0. The SMILES string of the molecule is CC.CCN(C)C.CNC.Nc1nc(-c2ccc(Cl)c(Cl)c2)c2c(N)c(C=O)sc2n1. The van der Waals surface area contributed by atoms with Gasteiger partial charge >= 0.3 is 0 Å². The number of nitrogens with zero attached hydrogens (tertiary/aromatic N) is 3. The highest BCUT2D eigenvalue weighted by Crippen LogP contribution is 2.39. The lowest BCUT2D eigenvalue weighted by Gasteiger charge is -2.06. The number of carbonyl (C=O) groups is 1. The molecule has 0 atom stereocenters. The van der Waals surface area contributed by atoms with Gasteiger partial charge in [0.05, 0.1) is 31.7 Å². The van der Waals surface area contributed by atoms with Gasteiger partial charge in [0.25, 0.3) is 0 Å². The topological polar surface area (TPSA) is 110 Å². The second-order valence-electron chi connectivity index (χ2n) is 6.13. The van der Waals surface area contributed by atoms with Crippen molar-refractivity contribution in [3.05, 3.63) is 33.1 Å². The maximum absolute atomic E-state index is 11.0. The van der Waals surface area contributed by atoms with Crippen LogP contribution in [0.25, 0.3) is 21.5 Å². The maximum atomic E-state index is 11.0. The molecule has 0 amide bonds. The van der Waals surface area contributed by atoms with Crippen LogP contribution in [0.1, 0.15) is 30.4 Å². The van der Waals surface area contributed by atoms with E-state index in [1.807, 2.05) is 27.9 Å². The van der Waals surface area contributed by atoms with Gasteiger partial charge in [-0.05, 0) is 46.9 Å². The molecule has 3 aromatic rings. The van der Waals surface area contributed by atoms with E-state index in [9.17, 15) is 4.79 Å². The first-order valence-electron chi connectivity index (χ1n) is 9.69. The molecule has 0 saturated carbocycles. The minimum atomic E-state index is 0.0993. The van der Waals surface area contributed by atoms with Crippen molar-refractivity contribution in [3.8, 4) is 11.3 Å². The first kappa shape index (κ1) is 29.0. The lowest BCUT2D eigenvalue weighted by atomic mass is 10.1. The van der Waals surface area contributed by atoms with E-state index in [-0.39, 0.29) is 5.95 Å². The number of nitrogens with two attached hydrogens (primary N) is 2. The molecule has 1 aromatic carbocycles. The molecule has 0 spiro atoms. The van der Waals surface area contributed by atoms with Crippen LogP contribution in [0.15, 0.2) is 18.2 Å². The van der Waals surface area contributed by atoms with Crippen molar-refractivity contribution >= 4 is 62.7 Å². The van der Waals surface area contributed by atoms with E-state index < -0.39 is 0 Å². The van der Waals surface area contributed by atoms with Gasteiger partial charge in [-0.25, -0.2) is 9.97 Å². The number of fused-ring (bicyclic) bond motifs is 1. The molecule has 7 nitrogen and oxygen atoms in total. The standard InChI is InChI=1S/C13H8Cl2N4OS.C4H11N.C2H7N.C2H6/c14-6-2-1-5(3-7(6)15)11-9-10(16)8(4-20)21-12(9)19-13(17)18-11;1-4-5(2)3;1-3-2;1-2/h1-4H,16H2,(H2,17,18,19);4H2,1-3H3;3H,1-2H3;1-2H3. The Bertz CT molecular complexity index is 963. The highest BCUT2D eigenvalue weighted by molar-refractivity contribution is 7.21. The van der Waals surface area contributed by atoms with Crippen LogP contribution < -0.4 is 16.8 Å². The largest absolute Gasteiger partial charge is 0.397 e. The van der Waals surface area contributed by atoms with Crippen LogP contribution in [0.5, 0.6) is 0 Å². The summed E-state index contributed by atoms with van der Waals surface area (Å²) >= 11 is 13.1. The van der Waals surface area contributed by atoms with Crippen LogP contribution >= 0.6 is 34.5 Å². The van der Waals surface area contributed by atoms with Crippen molar-refractivity contribution in [2.45, 2.75) is 20.8 Å². The van der Waals surface area contributed by atoms with E-state index in [1.165, 1.54) is 11.3 Å². The summed E-state index contributed by atoms with van der Waals surface area (Å²) in [5.74, 6) is 0.0993. The highest BCUT2D eigenvalue weighted by atomic mass is 35.5. The first-order chi connectivity index (χ1) is 14.7. The Labute approximate surface area is 198 Å². The number of benzene rings is 1. The second kappa shape index (κ2) is 14.9. The number of thiophene rings is 1. The first-order valence-corrected chi connectivity index (χ1v) is 11.3. The minimum Gasteiger partial charge on any atom is -0.397 e. The molecule has 2 aromatic heterocycles. The summed E-state index contributed by atoms with van der Waals surface area (Å²) in [6.45, 7) is 7.26. The molecule has 0 radical (unpaired) electrons. The van der Waals surface area contributed by atoms with Gasteiger partial charge in [0.1, 0.15) is 4.83 Å². The number of nitrogen functional groups attached to an aromatic ring is 2. The molecular formula is C21H32Cl2N6OS. The summed E-state index contributed by atoms with van der Waals surface area (Å²) in [5.41, 5.74) is 13.3. The minimum absolute atomic E-state index is 0.0993. The van der Waals surface area contributed by atoms with Gasteiger partial charge in [-0.2, -0.15) is 0 Å². The van der Waals surface area contributed by atoms with Crippen LogP contribution in [0.2, 0.25) is 10.0 Å². The molecule has 10 heteroatoms. The smallest absolute Gasteiger partial charge is 0.221 e. The number of aldehydes is 1. The molecule has 0 unspecified atom stereocenters. The summed E-state index contributed by atoms with van der Waals surface area (Å²) in [6.07, 6.45) is 0.691. The quantitative estimate of drug-likeness (QED) is 0.442. The van der Waals surface area contributed by atoms with Crippen molar-refractivity contribution < 1.29 is 4.79 Å². The second-order valence-corrected chi connectivity index (χ2v) is 7.98. The fourth-order valence-corrected chi connectivity index (χ4v) is 3.21. The zero-order valence-corrected chi connectivity index (χ0v) is 21.4. The number of aromatic nitrogens is 2. The number of carbonyl (C=O) groups excluding carboxylic acids is 1. The Kier molecular flexibility index (Phi) is 14.0. The molecular weight excluding hydrogens is 455 g/mol. The lowest BCUT2D eigenvalue weighted by Crippen LogP contribution is -2.08. The fourth-order valence-electron chi connectivity index (χ4n) is 2.00. The van der Waals surface area contributed by atoms with Gasteiger partial charge < -0.3 is 21.7 Å². The third-order valence-corrected chi connectivity index (χ3v) is 5.33. The normalized spacial score (nSPS) is 9.74. The number of rotatable bonds is 3. The molecule has 0 saturated heterocycles. The lowest BCUT2D eigenvalue weighted by molar-refractivity contribution is 0.112. The third-order valence-electron chi connectivity index (χ3n) is 3.57. The van der Waals surface area contributed by atoms with Crippen molar-refractivity contribution in [1.82, 2.24) is 20.2 Å². The number of hydrogen-bond donors (Lipinski definition) is 3. The predicted octanol–water partition coefficient (Wildman–Crippen LogP) is 5.07. The van der Waals surface area contributed by atoms with Crippen LogP contribution in [0.4, 0.5) is 11.6 Å². The van der Waals surface area contributed by atoms with E-state index >= 15 is 0 Å². The molecule has 0 aliphatic heterocycles. The predicted molar refractivity (Wildman–Crippen MR) is 138 cm³/mol. The Balaban J connectivity index is 0.000000768. The number of nitrogens with one attached hydrogen (secondary N) is 1. The Hall–Kier alpha value is -1.97. The van der Waals surface area contributed by atoms with E-state index in [4.69, 9.17) is 34.7 Å². The molecule has 5 N–H and O–H groups in total. The van der Waals surface area contributed by atoms with Gasteiger partial charge in [0.2, 0.25) is 5.95 Å². The van der Waals surface area contributed by atoms with Gasteiger partial charge in [-0.15, -0.1) is 11.3 Å². The van der Waals surface area contributed by atoms with E-state index in [1.54, 1.807) is 18.2 Å². The highest BCUT2D eigenvalue weighted by Gasteiger charge is 2.18. The zero-order valence-electron chi connectivity index (χ0n) is 19.1. The fraction of sp³-hybridized carbons (Fsp3) is 0.381. The van der Waals surface area contributed by atoms with Gasteiger partial charge in [-0.1, -0.05) is 50.0 Å². The van der Waals surface area contributed by atoms with Gasteiger partial charge in [-0.3, -0.25) is 4.79 Å². The van der Waals surface area contributed by atoms with Crippen LogP contribution in [-0.2, 0) is 0 Å². The molecule has 0 aliphatic carbocycles. The Morgan fingerprint density at radius 3 is 2.13 bits per heavy atom. The number of anilines is 2. The summed E-state index contributed by atoms with van der Waals surface area (Å²) in [4.78, 5) is 22.5. The molecule has 0 aliphatic rings. The number of hydrogen-bond acceptors (Lipinski definition) is 8.